The zero-order valence-corrected chi connectivity index (χ0v) is 11.3. The Kier molecular flexibility index (Phi) is 2.11. The highest BCUT2D eigenvalue weighted by atomic mass is 14.3. The van der Waals surface area contributed by atoms with Crippen LogP contribution in [0.2, 0.25) is 0 Å². The first kappa shape index (κ1) is 10.8. The smallest absolute Gasteiger partial charge is 0.00235 e. The lowest BCUT2D eigenvalue weighted by molar-refractivity contribution is 1.12. The number of hydrogen-bond acceptors (Lipinski definition) is 0. The summed E-state index contributed by atoms with van der Waals surface area (Å²) >= 11 is 0. The predicted octanol–water partition coefficient (Wildman–Crippen LogP) is 5.36. The normalized spacial score (nSPS) is 11.9. The van der Waals surface area contributed by atoms with Crippen molar-refractivity contribution >= 4 is 10.8 Å². The van der Waals surface area contributed by atoms with Crippen LogP contribution in [-0.2, 0) is 6.42 Å². The van der Waals surface area contributed by atoms with Gasteiger partial charge in [0.05, 0.1) is 0 Å². The molecule has 0 heterocycles. The van der Waals surface area contributed by atoms with Gasteiger partial charge in [-0.3, -0.25) is 0 Å². The summed E-state index contributed by atoms with van der Waals surface area (Å²) in [5, 5.41) is 2.82. The van der Waals surface area contributed by atoms with Crippen molar-refractivity contribution in [3.8, 4) is 22.3 Å². The third-order valence-electron chi connectivity index (χ3n) is 4.40. The van der Waals surface area contributed by atoms with E-state index < -0.39 is 0 Å². The Morgan fingerprint density at radius 2 is 1.58 bits per heavy atom. The number of fused-ring (bicyclic) bond motifs is 3. The molecule has 1 aliphatic rings. The van der Waals surface area contributed by atoms with Gasteiger partial charge < -0.3 is 0 Å². The summed E-state index contributed by atoms with van der Waals surface area (Å²) < 4.78 is 0. The first-order valence-electron chi connectivity index (χ1n) is 6.96. The molecule has 0 aromatic heterocycles. The van der Waals surface area contributed by atoms with Gasteiger partial charge in [-0.25, -0.2) is 0 Å². The van der Waals surface area contributed by atoms with E-state index in [9.17, 15) is 0 Å². The van der Waals surface area contributed by atoms with Crippen molar-refractivity contribution in [2.75, 3.05) is 0 Å². The monoisotopic (exact) mass is 244 g/mol. The Labute approximate surface area is 113 Å². The highest BCUT2D eigenvalue weighted by Crippen LogP contribution is 2.49. The second-order valence-corrected chi connectivity index (χ2v) is 5.34. The average Bonchev–Trinajstić information content (AvgIpc) is 2.79. The van der Waals surface area contributed by atoms with Gasteiger partial charge in [0.1, 0.15) is 0 Å². The van der Waals surface area contributed by atoms with Gasteiger partial charge >= 0.3 is 0 Å². The van der Waals surface area contributed by atoms with E-state index in [4.69, 9.17) is 0 Å². The second-order valence-electron chi connectivity index (χ2n) is 5.34. The van der Waals surface area contributed by atoms with Crippen LogP contribution < -0.4 is 0 Å². The fourth-order valence-corrected chi connectivity index (χ4v) is 3.48. The number of benzene rings is 3. The lowest BCUT2D eigenvalue weighted by Crippen LogP contribution is -1.90. The quantitative estimate of drug-likeness (QED) is 0.423. The van der Waals surface area contributed by atoms with Crippen molar-refractivity contribution in [3.05, 3.63) is 59.7 Å². The summed E-state index contributed by atoms with van der Waals surface area (Å²) in [5.74, 6) is 0. The lowest BCUT2D eigenvalue weighted by atomic mass is 9.93. The van der Waals surface area contributed by atoms with Crippen molar-refractivity contribution in [1.29, 1.82) is 0 Å². The van der Waals surface area contributed by atoms with E-state index in [0.717, 1.165) is 6.42 Å². The van der Waals surface area contributed by atoms with Crippen LogP contribution in [0.15, 0.2) is 48.5 Å². The Balaban J connectivity index is 2.27. The molecule has 0 aliphatic heterocycles. The molecule has 4 rings (SSSR count). The second kappa shape index (κ2) is 3.71. The Morgan fingerprint density at radius 3 is 2.37 bits per heavy atom. The highest BCUT2D eigenvalue weighted by Gasteiger charge is 2.23. The summed E-state index contributed by atoms with van der Waals surface area (Å²) in [6, 6.07) is 17.8. The van der Waals surface area contributed by atoms with Crippen LogP contribution in [0.25, 0.3) is 33.0 Å². The zero-order chi connectivity index (χ0) is 13.0. The largest absolute Gasteiger partial charge is 0.0616 e. The molecule has 1 aliphatic carbocycles. The number of aryl methyl sites for hydroxylation is 1. The van der Waals surface area contributed by atoms with Crippen molar-refractivity contribution in [2.45, 2.75) is 20.3 Å². The molecule has 0 saturated carbocycles. The molecule has 0 fully saturated rings. The summed E-state index contributed by atoms with van der Waals surface area (Å²) in [6.07, 6.45) is 1.10. The van der Waals surface area contributed by atoms with Crippen LogP contribution in [0.1, 0.15) is 18.1 Å². The van der Waals surface area contributed by atoms with Gasteiger partial charge in [0, 0.05) is 0 Å². The minimum Gasteiger partial charge on any atom is -0.0616 e. The molecule has 0 unspecified atom stereocenters. The standard InChI is InChI=1S/C19H16/c1-3-13-11-14-7-6-10-17-15-8-4-5-9-16(15)18(12(13)2)19(14)17/h4-11H,3H2,1-2H3. The van der Waals surface area contributed by atoms with Crippen LogP contribution in [0.5, 0.6) is 0 Å². The van der Waals surface area contributed by atoms with Crippen molar-refractivity contribution in [2.24, 2.45) is 0 Å². The van der Waals surface area contributed by atoms with Crippen LogP contribution in [0.3, 0.4) is 0 Å². The van der Waals surface area contributed by atoms with E-state index in [1.54, 1.807) is 0 Å². The van der Waals surface area contributed by atoms with Gasteiger partial charge in [-0.2, -0.15) is 0 Å². The molecule has 0 spiro atoms. The van der Waals surface area contributed by atoms with E-state index in [1.165, 1.54) is 44.2 Å². The minimum absolute atomic E-state index is 1.10. The number of hydrogen-bond donors (Lipinski definition) is 0. The zero-order valence-electron chi connectivity index (χ0n) is 11.3. The fraction of sp³-hybridized carbons (Fsp3) is 0.158. The molecule has 0 heteroatoms. The van der Waals surface area contributed by atoms with Crippen LogP contribution >= 0.6 is 0 Å². The third-order valence-corrected chi connectivity index (χ3v) is 4.40. The molecule has 92 valence electrons. The van der Waals surface area contributed by atoms with Gasteiger partial charge in [0.2, 0.25) is 0 Å². The molecular weight excluding hydrogens is 228 g/mol. The minimum atomic E-state index is 1.10. The molecule has 0 saturated heterocycles. The number of rotatable bonds is 1. The maximum Gasteiger partial charge on any atom is -0.00235 e. The third kappa shape index (κ3) is 1.29. The molecule has 0 atom stereocenters. The van der Waals surface area contributed by atoms with Crippen molar-refractivity contribution in [3.63, 3.8) is 0 Å². The van der Waals surface area contributed by atoms with Gasteiger partial charge in [-0.1, -0.05) is 55.5 Å². The lowest BCUT2D eigenvalue weighted by Gasteiger charge is -2.11. The Morgan fingerprint density at radius 1 is 0.842 bits per heavy atom. The maximum absolute atomic E-state index is 2.36. The first-order chi connectivity index (χ1) is 9.31. The molecule has 0 amide bonds. The molecule has 0 bridgehead atoms. The summed E-state index contributed by atoms with van der Waals surface area (Å²) in [7, 11) is 0. The summed E-state index contributed by atoms with van der Waals surface area (Å²) in [4.78, 5) is 0. The predicted molar refractivity (Wildman–Crippen MR) is 82.5 cm³/mol. The maximum atomic E-state index is 2.36. The van der Waals surface area contributed by atoms with Gasteiger partial charge in [0.15, 0.2) is 0 Å². The molecule has 0 nitrogen and oxygen atoms in total. The van der Waals surface area contributed by atoms with Crippen LogP contribution in [-0.4, -0.2) is 0 Å². The van der Waals surface area contributed by atoms with Crippen molar-refractivity contribution < 1.29 is 0 Å². The van der Waals surface area contributed by atoms with Crippen LogP contribution in [0.4, 0.5) is 0 Å². The van der Waals surface area contributed by atoms with Crippen molar-refractivity contribution in [1.82, 2.24) is 0 Å². The molecule has 3 aromatic rings. The molecular formula is C19H16. The SMILES string of the molecule is CCc1cc2cccc3c2c(c1C)-c1ccccc1-3. The van der Waals surface area contributed by atoms with E-state index >= 15 is 0 Å². The van der Waals surface area contributed by atoms with E-state index in [2.05, 4.69) is 62.4 Å². The summed E-state index contributed by atoms with van der Waals surface area (Å²) in [5.41, 5.74) is 8.57. The Bertz CT molecular complexity index is 810. The summed E-state index contributed by atoms with van der Waals surface area (Å²) in [6.45, 7) is 4.51. The molecule has 3 aromatic carbocycles. The average molecular weight is 244 g/mol. The van der Waals surface area contributed by atoms with E-state index in [-0.39, 0.29) is 0 Å². The molecule has 0 radical (unpaired) electrons. The van der Waals surface area contributed by atoms with E-state index in [0.29, 0.717) is 0 Å². The van der Waals surface area contributed by atoms with Gasteiger partial charge in [-0.05, 0) is 57.5 Å². The van der Waals surface area contributed by atoms with Gasteiger partial charge in [-0.15, -0.1) is 0 Å². The first-order valence-corrected chi connectivity index (χ1v) is 6.96. The highest BCUT2D eigenvalue weighted by molar-refractivity contribution is 6.16. The Hall–Kier alpha value is -2.08. The fourth-order valence-electron chi connectivity index (χ4n) is 3.48. The molecule has 0 N–H and O–H groups in total. The topological polar surface area (TPSA) is 0 Å². The van der Waals surface area contributed by atoms with Gasteiger partial charge in [0.25, 0.3) is 0 Å². The van der Waals surface area contributed by atoms with E-state index in [1.807, 2.05) is 0 Å². The molecule has 19 heavy (non-hydrogen) atoms. The van der Waals surface area contributed by atoms with Crippen LogP contribution in [0, 0.1) is 6.92 Å².